The van der Waals surface area contributed by atoms with Crippen LogP contribution < -0.4 is 5.32 Å². The first-order valence-corrected chi connectivity index (χ1v) is 6.75. The second-order valence-corrected chi connectivity index (χ2v) is 5.96. The highest BCUT2D eigenvalue weighted by molar-refractivity contribution is 7.84. The fourth-order valence-corrected chi connectivity index (χ4v) is 2.42. The summed E-state index contributed by atoms with van der Waals surface area (Å²) in [7, 11) is -0.592. The van der Waals surface area contributed by atoms with E-state index in [4.69, 9.17) is 0 Å². The minimum absolute atomic E-state index is 0.592. The molecule has 1 unspecified atom stereocenters. The Morgan fingerprint density at radius 1 is 1.38 bits per heavy atom. The maximum absolute atomic E-state index is 11.4. The predicted octanol–water partition coefficient (Wildman–Crippen LogP) is 1.53. The Morgan fingerprint density at radius 3 is 2.62 bits per heavy atom. The van der Waals surface area contributed by atoms with Crippen molar-refractivity contribution >= 4 is 10.8 Å². The summed E-state index contributed by atoms with van der Waals surface area (Å²) < 4.78 is 11.4. The van der Waals surface area contributed by atoms with Gasteiger partial charge in [-0.1, -0.05) is 13.8 Å². The number of nitrogens with one attached hydrogen (secondary N) is 1. The van der Waals surface area contributed by atoms with E-state index in [1.807, 2.05) is 0 Å². The van der Waals surface area contributed by atoms with Gasteiger partial charge in [0, 0.05) is 34.9 Å². The van der Waals surface area contributed by atoms with E-state index < -0.39 is 10.8 Å². The standard InChI is InChI=1S/C10H21NOS/c1-9(2)5-7-13(12)8-6-11-10-3-4-10/h9-11H,3-8H2,1-2H3. The van der Waals surface area contributed by atoms with Crippen LogP contribution in [0, 0.1) is 5.92 Å². The molecule has 1 atom stereocenters. The van der Waals surface area contributed by atoms with E-state index >= 15 is 0 Å². The fraction of sp³-hybridized carbons (Fsp3) is 1.00. The van der Waals surface area contributed by atoms with Gasteiger partial charge in [0.1, 0.15) is 0 Å². The maximum atomic E-state index is 11.4. The summed E-state index contributed by atoms with van der Waals surface area (Å²) in [4.78, 5) is 0. The van der Waals surface area contributed by atoms with Crippen molar-refractivity contribution in [2.24, 2.45) is 5.92 Å². The van der Waals surface area contributed by atoms with Crippen LogP contribution in [0.5, 0.6) is 0 Å². The van der Waals surface area contributed by atoms with Crippen molar-refractivity contribution in [2.45, 2.75) is 39.2 Å². The topological polar surface area (TPSA) is 29.1 Å². The molecular formula is C10H21NOS. The third kappa shape index (κ3) is 6.22. The highest BCUT2D eigenvalue weighted by Gasteiger charge is 2.19. The second-order valence-electron chi connectivity index (χ2n) is 4.26. The summed E-state index contributed by atoms with van der Waals surface area (Å²) in [6.07, 6.45) is 3.73. The lowest BCUT2D eigenvalue weighted by Gasteiger charge is -2.05. The molecule has 1 rings (SSSR count). The molecule has 0 spiro atoms. The van der Waals surface area contributed by atoms with Crippen molar-refractivity contribution in [2.75, 3.05) is 18.1 Å². The van der Waals surface area contributed by atoms with Crippen molar-refractivity contribution in [1.82, 2.24) is 5.32 Å². The van der Waals surface area contributed by atoms with Gasteiger partial charge >= 0.3 is 0 Å². The summed E-state index contributed by atoms with van der Waals surface area (Å²) in [5, 5.41) is 3.38. The quantitative estimate of drug-likeness (QED) is 0.680. The maximum Gasteiger partial charge on any atom is 0.0360 e. The van der Waals surface area contributed by atoms with Gasteiger partial charge in [-0.2, -0.15) is 0 Å². The summed E-state index contributed by atoms with van der Waals surface area (Å²) >= 11 is 0. The summed E-state index contributed by atoms with van der Waals surface area (Å²) in [5.41, 5.74) is 0. The molecule has 0 amide bonds. The van der Waals surface area contributed by atoms with Gasteiger partial charge in [-0.15, -0.1) is 0 Å². The molecule has 13 heavy (non-hydrogen) atoms. The molecule has 78 valence electrons. The molecule has 1 fully saturated rings. The van der Waals surface area contributed by atoms with E-state index in [0.717, 1.165) is 30.5 Å². The van der Waals surface area contributed by atoms with Crippen molar-refractivity contribution in [3.8, 4) is 0 Å². The summed E-state index contributed by atoms with van der Waals surface area (Å²) in [6, 6.07) is 0.752. The molecule has 0 saturated heterocycles. The second kappa shape index (κ2) is 5.76. The highest BCUT2D eigenvalue weighted by atomic mass is 32.2. The molecule has 0 aromatic heterocycles. The Balaban J connectivity index is 1.90. The molecule has 0 aromatic rings. The van der Waals surface area contributed by atoms with Crippen LogP contribution in [0.3, 0.4) is 0 Å². The molecule has 0 radical (unpaired) electrons. The van der Waals surface area contributed by atoms with Crippen molar-refractivity contribution in [3.63, 3.8) is 0 Å². The Bertz CT molecular complexity index is 166. The van der Waals surface area contributed by atoms with Gasteiger partial charge in [-0.05, 0) is 25.2 Å². The zero-order chi connectivity index (χ0) is 9.68. The molecule has 3 heteroatoms. The smallest absolute Gasteiger partial charge is 0.0360 e. The molecule has 0 bridgehead atoms. The van der Waals surface area contributed by atoms with Crippen LogP contribution in [0.2, 0.25) is 0 Å². The number of hydrogen-bond acceptors (Lipinski definition) is 2. The van der Waals surface area contributed by atoms with Crippen LogP contribution >= 0.6 is 0 Å². The third-order valence-corrected chi connectivity index (χ3v) is 3.61. The molecule has 1 N–H and O–H groups in total. The van der Waals surface area contributed by atoms with E-state index in [1.54, 1.807) is 0 Å². The van der Waals surface area contributed by atoms with Gasteiger partial charge in [0.05, 0.1) is 0 Å². The van der Waals surface area contributed by atoms with E-state index in [1.165, 1.54) is 12.8 Å². The molecular weight excluding hydrogens is 182 g/mol. The normalized spacial score (nSPS) is 19.3. The molecule has 0 heterocycles. The minimum atomic E-state index is -0.592. The Labute approximate surface area is 83.9 Å². The third-order valence-electron chi connectivity index (χ3n) is 2.26. The molecule has 1 aliphatic carbocycles. The van der Waals surface area contributed by atoms with Gasteiger partial charge in [0.25, 0.3) is 0 Å². The largest absolute Gasteiger partial charge is 0.313 e. The Kier molecular flexibility index (Phi) is 4.96. The highest BCUT2D eigenvalue weighted by Crippen LogP contribution is 2.17. The van der Waals surface area contributed by atoms with Crippen molar-refractivity contribution in [3.05, 3.63) is 0 Å². The van der Waals surface area contributed by atoms with Crippen LogP contribution in [0.4, 0.5) is 0 Å². The van der Waals surface area contributed by atoms with Gasteiger partial charge < -0.3 is 5.32 Å². The van der Waals surface area contributed by atoms with Crippen LogP contribution in [0.1, 0.15) is 33.1 Å². The SMILES string of the molecule is CC(C)CCS(=O)CCNC1CC1. The zero-order valence-corrected chi connectivity index (χ0v) is 9.53. The van der Waals surface area contributed by atoms with E-state index in [0.29, 0.717) is 5.92 Å². The number of hydrogen-bond donors (Lipinski definition) is 1. The molecule has 0 aromatic carbocycles. The average molecular weight is 203 g/mol. The fourth-order valence-electron chi connectivity index (χ4n) is 1.13. The molecule has 2 nitrogen and oxygen atoms in total. The van der Waals surface area contributed by atoms with E-state index in [9.17, 15) is 4.21 Å². The lowest BCUT2D eigenvalue weighted by atomic mass is 10.2. The van der Waals surface area contributed by atoms with E-state index in [2.05, 4.69) is 19.2 Å². The summed E-state index contributed by atoms with van der Waals surface area (Å²) in [6.45, 7) is 5.30. The molecule has 1 saturated carbocycles. The van der Waals surface area contributed by atoms with Crippen LogP contribution in [0.25, 0.3) is 0 Å². The van der Waals surface area contributed by atoms with Crippen molar-refractivity contribution < 1.29 is 4.21 Å². The first kappa shape index (κ1) is 11.2. The molecule has 1 aliphatic rings. The Morgan fingerprint density at radius 2 is 2.08 bits per heavy atom. The van der Waals surface area contributed by atoms with Crippen LogP contribution in [-0.4, -0.2) is 28.3 Å². The monoisotopic (exact) mass is 203 g/mol. The van der Waals surface area contributed by atoms with Gasteiger partial charge in [0.2, 0.25) is 0 Å². The zero-order valence-electron chi connectivity index (χ0n) is 8.71. The van der Waals surface area contributed by atoms with Crippen LogP contribution in [0.15, 0.2) is 0 Å². The minimum Gasteiger partial charge on any atom is -0.313 e. The molecule has 0 aliphatic heterocycles. The Hall–Kier alpha value is 0.110. The first-order chi connectivity index (χ1) is 6.18. The predicted molar refractivity (Wildman–Crippen MR) is 58.4 cm³/mol. The average Bonchev–Trinajstić information content (AvgIpc) is 2.84. The first-order valence-electron chi connectivity index (χ1n) is 5.27. The van der Waals surface area contributed by atoms with Gasteiger partial charge in [-0.3, -0.25) is 4.21 Å². The van der Waals surface area contributed by atoms with Crippen LogP contribution in [-0.2, 0) is 10.8 Å². The number of rotatable bonds is 7. The van der Waals surface area contributed by atoms with E-state index in [-0.39, 0.29) is 0 Å². The van der Waals surface area contributed by atoms with Crippen molar-refractivity contribution in [1.29, 1.82) is 0 Å². The lowest BCUT2D eigenvalue weighted by molar-refractivity contribution is 0.617. The van der Waals surface area contributed by atoms with Gasteiger partial charge in [0.15, 0.2) is 0 Å². The summed E-state index contributed by atoms with van der Waals surface area (Å²) in [5.74, 6) is 2.40. The lowest BCUT2D eigenvalue weighted by Crippen LogP contribution is -2.23. The van der Waals surface area contributed by atoms with Gasteiger partial charge in [-0.25, -0.2) is 0 Å².